The van der Waals surface area contributed by atoms with Crippen LogP contribution in [0.3, 0.4) is 0 Å². The van der Waals surface area contributed by atoms with Gasteiger partial charge in [-0.05, 0) is 39.3 Å². The Labute approximate surface area is 121 Å². The summed E-state index contributed by atoms with van der Waals surface area (Å²) in [6, 6.07) is 8.76. The zero-order valence-corrected chi connectivity index (χ0v) is 12.6. The number of amides is 1. The zero-order chi connectivity index (χ0) is 14.7. The molecule has 4 nitrogen and oxygen atoms in total. The molecule has 110 valence electrons. The molecule has 2 rings (SSSR count). The summed E-state index contributed by atoms with van der Waals surface area (Å²) in [5, 5.41) is 3.02. The van der Waals surface area contributed by atoms with Gasteiger partial charge in [-0.15, -0.1) is 0 Å². The van der Waals surface area contributed by atoms with Crippen LogP contribution in [0, 0.1) is 6.92 Å². The molecule has 1 fully saturated rings. The summed E-state index contributed by atoms with van der Waals surface area (Å²) in [5.74, 6) is 0.0910. The molecular formula is C16H25N3O. The van der Waals surface area contributed by atoms with E-state index in [-0.39, 0.29) is 18.0 Å². The lowest BCUT2D eigenvalue weighted by Crippen LogP contribution is -2.43. The molecule has 4 heteroatoms. The van der Waals surface area contributed by atoms with Crippen molar-refractivity contribution >= 4 is 5.91 Å². The number of hydrogen-bond acceptors (Lipinski definition) is 3. The standard InChI is InChI=1S/C16H25N3O/c1-11-5-4-6-13(9-11)16(12(2)17)19(3)10-15(20)18-14-7-8-14/h4-6,9,12,14,16H,7-8,10,17H2,1-3H3,(H,18,20). The number of nitrogens with one attached hydrogen (secondary N) is 1. The smallest absolute Gasteiger partial charge is 0.234 e. The Morgan fingerprint density at radius 3 is 2.75 bits per heavy atom. The van der Waals surface area contributed by atoms with Gasteiger partial charge in [-0.1, -0.05) is 29.8 Å². The summed E-state index contributed by atoms with van der Waals surface area (Å²) in [4.78, 5) is 14.0. The predicted octanol–water partition coefficient (Wildman–Crippen LogP) is 1.59. The van der Waals surface area contributed by atoms with Crippen molar-refractivity contribution in [1.82, 2.24) is 10.2 Å². The van der Waals surface area contributed by atoms with Gasteiger partial charge in [0, 0.05) is 18.1 Å². The number of nitrogens with two attached hydrogens (primary N) is 1. The average molecular weight is 275 g/mol. The molecule has 1 amide bonds. The van der Waals surface area contributed by atoms with Crippen molar-refractivity contribution in [3.05, 3.63) is 35.4 Å². The van der Waals surface area contributed by atoms with E-state index in [0.717, 1.165) is 12.8 Å². The third-order valence-corrected chi connectivity index (χ3v) is 3.69. The van der Waals surface area contributed by atoms with E-state index in [0.29, 0.717) is 12.6 Å². The van der Waals surface area contributed by atoms with Gasteiger partial charge in [0.05, 0.1) is 6.54 Å². The fourth-order valence-electron chi connectivity index (χ4n) is 2.64. The Balaban J connectivity index is 2.05. The SMILES string of the molecule is Cc1cccc(C(C(C)N)N(C)CC(=O)NC2CC2)c1. The molecule has 1 aromatic carbocycles. The highest BCUT2D eigenvalue weighted by Crippen LogP contribution is 2.23. The van der Waals surface area contributed by atoms with Gasteiger partial charge < -0.3 is 11.1 Å². The predicted molar refractivity (Wildman–Crippen MR) is 81.4 cm³/mol. The van der Waals surface area contributed by atoms with Crippen molar-refractivity contribution in [3.8, 4) is 0 Å². The van der Waals surface area contributed by atoms with Crippen LogP contribution in [0.1, 0.15) is 36.9 Å². The third-order valence-electron chi connectivity index (χ3n) is 3.69. The first-order chi connectivity index (χ1) is 9.47. The first-order valence-electron chi connectivity index (χ1n) is 7.29. The van der Waals surface area contributed by atoms with E-state index in [1.54, 1.807) is 0 Å². The average Bonchev–Trinajstić information content (AvgIpc) is 3.12. The number of likely N-dealkylation sites (N-methyl/N-ethyl adjacent to an activating group) is 1. The first kappa shape index (κ1) is 15.0. The minimum Gasteiger partial charge on any atom is -0.352 e. The molecule has 1 aliphatic carbocycles. The second-order valence-corrected chi connectivity index (χ2v) is 5.97. The van der Waals surface area contributed by atoms with Gasteiger partial charge in [-0.25, -0.2) is 0 Å². The van der Waals surface area contributed by atoms with Gasteiger partial charge in [-0.3, -0.25) is 9.69 Å². The third kappa shape index (κ3) is 4.05. The van der Waals surface area contributed by atoms with Crippen LogP contribution < -0.4 is 11.1 Å². The Morgan fingerprint density at radius 1 is 1.50 bits per heavy atom. The van der Waals surface area contributed by atoms with Crippen molar-refractivity contribution in [2.24, 2.45) is 5.73 Å². The lowest BCUT2D eigenvalue weighted by Gasteiger charge is -2.31. The minimum atomic E-state index is -0.0319. The summed E-state index contributed by atoms with van der Waals surface area (Å²) in [7, 11) is 1.96. The molecule has 0 spiro atoms. The van der Waals surface area contributed by atoms with Crippen LogP contribution in [0.25, 0.3) is 0 Å². The van der Waals surface area contributed by atoms with Gasteiger partial charge in [0.15, 0.2) is 0 Å². The summed E-state index contributed by atoms with van der Waals surface area (Å²) in [6.07, 6.45) is 2.23. The molecule has 20 heavy (non-hydrogen) atoms. The fraction of sp³-hybridized carbons (Fsp3) is 0.562. The molecule has 3 N–H and O–H groups in total. The number of hydrogen-bond donors (Lipinski definition) is 2. The Bertz CT molecular complexity index is 469. The maximum absolute atomic E-state index is 11.9. The van der Waals surface area contributed by atoms with E-state index < -0.39 is 0 Å². The van der Waals surface area contributed by atoms with E-state index in [2.05, 4.69) is 30.4 Å². The molecule has 1 saturated carbocycles. The maximum atomic E-state index is 11.9. The van der Waals surface area contributed by atoms with Gasteiger partial charge in [-0.2, -0.15) is 0 Å². The van der Waals surface area contributed by atoms with Gasteiger partial charge >= 0.3 is 0 Å². The highest BCUT2D eigenvalue weighted by atomic mass is 16.2. The second kappa shape index (κ2) is 6.37. The highest BCUT2D eigenvalue weighted by Gasteiger charge is 2.26. The molecule has 2 atom stereocenters. The van der Waals surface area contributed by atoms with Crippen molar-refractivity contribution in [2.75, 3.05) is 13.6 Å². The van der Waals surface area contributed by atoms with E-state index in [1.165, 1.54) is 11.1 Å². The molecule has 0 bridgehead atoms. The van der Waals surface area contributed by atoms with Crippen LogP contribution in [0.5, 0.6) is 0 Å². The Kier molecular flexibility index (Phi) is 4.78. The Morgan fingerprint density at radius 2 is 2.20 bits per heavy atom. The first-order valence-corrected chi connectivity index (χ1v) is 7.29. The number of benzene rings is 1. The molecule has 2 unspecified atom stereocenters. The lowest BCUT2D eigenvalue weighted by atomic mass is 9.98. The molecule has 1 aromatic rings. The number of carbonyl (C=O) groups excluding carboxylic acids is 1. The largest absolute Gasteiger partial charge is 0.352 e. The molecular weight excluding hydrogens is 250 g/mol. The monoisotopic (exact) mass is 275 g/mol. The van der Waals surface area contributed by atoms with Crippen LogP contribution in [-0.2, 0) is 4.79 Å². The van der Waals surface area contributed by atoms with Crippen LogP contribution in [0.2, 0.25) is 0 Å². The number of rotatable bonds is 6. The lowest BCUT2D eigenvalue weighted by molar-refractivity contribution is -0.122. The van der Waals surface area contributed by atoms with Crippen molar-refractivity contribution in [2.45, 2.75) is 44.8 Å². The van der Waals surface area contributed by atoms with Crippen molar-refractivity contribution in [3.63, 3.8) is 0 Å². The Hall–Kier alpha value is -1.39. The summed E-state index contributed by atoms with van der Waals surface area (Å²) in [5.41, 5.74) is 8.52. The van der Waals surface area contributed by atoms with E-state index in [9.17, 15) is 4.79 Å². The van der Waals surface area contributed by atoms with Crippen LogP contribution in [0.4, 0.5) is 0 Å². The molecule has 0 heterocycles. The molecule has 0 saturated heterocycles. The minimum absolute atomic E-state index is 0.0319. The van der Waals surface area contributed by atoms with Crippen LogP contribution in [0.15, 0.2) is 24.3 Å². The number of nitrogens with zero attached hydrogens (tertiary/aromatic N) is 1. The quantitative estimate of drug-likeness (QED) is 0.829. The van der Waals surface area contributed by atoms with E-state index in [4.69, 9.17) is 5.73 Å². The number of carbonyl (C=O) groups is 1. The van der Waals surface area contributed by atoms with Crippen molar-refractivity contribution in [1.29, 1.82) is 0 Å². The number of aryl methyl sites for hydroxylation is 1. The van der Waals surface area contributed by atoms with Crippen LogP contribution in [-0.4, -0.2) is 36.5 Å². The molecule has 0 aromatic heterocycles. The zero-order valence-electron chi connectivity index (χ0n) is 12.6. The van der Waals surface area contributed by atoms with Gasteiger partial charge in [0.2, 0.25) is 5.91 Å². The van der Waals surface area contributed by atoms with Crippen molar-refractivity contribution < 1.29 is 4.79 Å². The molecule has 0 radical (unpaired) electrons. The summed E-state index contributed by atoms with van der Waals surface area (Å²) in [6.45, 7) is 4.44. The molecule has 0 aliphatic heterocycles. The highest BCUT2D eigenvalue weighted by molar-refractivity contribution is 5.78. The van der Waals surface area contributed by atoms with Crippen LogP contribution >= 0.6 is 0 Å². The van der Waals surface area contributed by atoms with Gasteiger partial charge in [0.25, 0.3) is 0 Å². The fourth-order valence-corrected chi connectivity index (χ4v) is 2.64. The maximum Gasteiger partial charge on any atom is 0.234 e. The summed E-state index contributed by atoms with van der Waals surface area (Å²) < 4.78 is 0. The van der Waals surface area contributed by atoms with E-state index in [1.807, 2.05) is 24.9 Å². The summed E-state index contributed by atoms with van der Waals surface area (Å²) >= 11 is 0. The van der Waals surface area contributed by atoms with Gasteiger partial charge in [0.1, 0.15) is 0 Å². The second-order valence-electron chi connectivity index (χ2n) is 5.97. The normalized spacial score (nSPS) is 17.9. The molecule has 1 aliphatic rings. The topological polar surface area (TPSA) is 58.4 Å². The van der Waals surface area contributed by atoms with E-state index >= 15 is 0 Å².